The topological polar surface area (TPSA) is 538 Å². The molecule has 36 heteroatoms. The van der Waals surface area contributed by atoms with Gasteiger partial charge in [0.1, 0.15) is 79.0 Å². The van der Waals surface area contributed by atoms with Crippen molar-refractivity contribution in [3.8, 4) is 0 Å². The predicted octanol–water partition coefficient (Wildman–Crippen LogP) is -2.86. The lowest BCUT2D eigenvalue weighted by Crippen LogP contribution is -2.64. The molecule has 0 aromatic rings. The van der Waals surface area contributed by atoms with Gasteiger partial charge in [0.2, 0.25) is 53.2 Å². The van der Waals surface area contributed by atoms with Gasteiger partial charge in [0.25, 0.3) is 0 Å². The molecule has 20 atom stereocenters. The number of rotatable bonds is 56. The third kappa shape index (κ3) is 31.1. The van der Waals surface area contributed by atoms with Crippen LogP contribution in [0.3, 0.4) is 0 Å². The van der Waals surface area contributed by atoms with Crippen LogP contribution < -0.4 is 47.9 Å². The Morgan fingerprint density at radius 1 is 0.450 bits per heavy atom. The zero-order valence-corrected chi connectivity index (χ0v) is 64.3. The molecular formula is C73H129N9O27. The first-order chi connectivity index (χ1) is 52.1. The number of nitrogens with one attached hydrogen (secondary N) is 9. The molecule has 4 heterocycles. The van der Waals surface area contributed by atoms with E-state index in [1.54, 1.807) is 0 Å². The van der Waals surface area contributed by atoms with Gasteiger partial charge in [-0.25, -0.2) is 0 Å². The molecule has 1 aliphatic carbocycles. The van der Waals surface area contributed by atoms with Crippen LogP contribution in [0.1, 0.15) is 208 Å². The van der Waals surface area contributed by atoms with E-state index in [0.717, 1.165) is 44.9 Å². The summed E-state index contributed by atoms with van der Waals surface area (Å²) in [4.78, 5) is 117. The van der Waals surface area contributed by atoms with E-state index >= 15 is 0 Å². The van der Waals surface area contributed by atoms with Gasteiger partial charge in [0.05, 0.1) is 44.7 Å². The zero-order valence-electron chi connectivity index (χ0n) is 64.3. The highest BCUT2D eigenvalue weighted by atomic mass is 16.7. The van der Waals surface area contributed by atoms with E-state index < -0.39 is 170 Å². The second kappa shape index (κ2) is 49.9. The summed E-state index contributed by atoms with van der Waals surface area (Å²) < 4.78 is 46.1. The summed E-state index contributed by atoms with van der Waals surface area (Å²) in [5.41, 5.74) is -3.59. The SMILES string of the molecule is CC(=O)NC1C(OCCCCCCNC(=O)CCC(NC(=O)CCC(NC(=O)CCCCCCCCCCC(=O)NC[C@H]2C[C@H](OC(C)C)[C@@H](CO)O2)C(=O)NCCCCCCOC2OC3(CO)C(O)C3(O)C2NC(C)=O)C(=O)NCCCCCCOC2OC(CO)C(O)C(O)C2NC(C)=O)OC(CO)C(O)C1O. The third-order valence-electron chi connectivity index (χ3n) is 20.2. The van der Waals surface area contributed by atoms with Crippen molar-refractivity contribution in [3.05, 3.63) is 0 Å². The Labute approximate surface area is 638 Å². The highest BCUT2D eigenvalue weighted by Crippen LogP contribution is 2.59. The minimum Gasteiger partial charge on any atom is -0.394 e. The minimum absolute atomic E-state index is 0.00971. The van der Waals surface area contributed by atoms with Crippen molar-refractivity contribution < 1.29 is 132 Å². The van der Waals surface area contributed by atoms with Crippen LogP contribution in [0.5, 0.6) is 0 Å². The van der Waals surface area contributed by atoms with Crippen molar-refractivity contribution in [2.24, 2.45) is 0 Å². The van der Waals surface area contributed by atoms with E-state index in [9.17, 15) is 94.2 Å². The fourth-order valence-corrected chi connectivity index (χ4v) is 14.1. The maximum atomic E-state index is 13.9. The summed E-state index contributed by atoms with van der Waals surface area (Å²) >= 11 is 0. The number of hydrogen-bond donors (Lipinski definition) is 19. The molecule has 1 saturated carbocycles. The number of hydrogen-bond acceptors (Lipinski definition) is 27. The van der Waals surface area contributed by atoms with Crippen molar-refractivity contribution >= 4 is 53.2 Å². The molecule has 4 saturated heterocycles. The van der Waals surface area contributed by atoms with Gasteiger partial charge in [-0.15, -0.1) is 0 Å². The molecule has 0 bridgehead atoms. The molecule has 17 unspecified atom stereocenters. The molecule has 0 radical (unpaired) electrons. The molecule has 0 aromatic carbocycles. The molecule has 19 N–H and O–H groups in total. The van der Waals surface area contributed by atoms with Crippen LogP contribution in [0.4, 0.5) is 0 Å². The fraction of sp³-hybridized carbons (Fsp3) is 0.877. The van der Waals surface area contributed by atoms with Gasteiger partial charge in [-0.05, 0) is 78.1 Å². The van der Waals surface area contributed by atoms with Crippen LogP contribution in [0.15, 0.2) is 0 Å². The van der Waals surface area contributed by atoms with Crippen LogP contribution in [0.2, 0.25) is 0 Å². The average Bonchev–Trinajstić information content (AvgIpc) is 1.48. The lowest BCUT2D eigenvalue weighted by molar-refractivity contribution is -0.270. The Bertz CT molecular complexity index is 2750. The lowest BCUT2D eigenvalue weighted by Gasteiger charge is -2.42. The Kier molecular flexibility index (Phi) is 43.1. The highest BCUT2D eigenvalue weighted by molar-refractivity contribution is 5.90. The predicted molar refractivity (Wildman–Crippen MR) is 388 cm³/mol. The van der Waals surface area contributed by atoms with E-state index in [0.29, 0.717) is 103 Å². The Balaban J connectivity index is 1.11. The van der Waals surface area contributed by atoms with Gasteiger partial charge in [-0.1, -0.05) is 77.0 Å². The van der Waals surface area contributed by atoms with E-state index in [1.165, 1.54) is 20.8 Å². The van der Waals surface area contributed by atoms with E-state index in [4.69, 9.17) is 37.9 Å². The highest BCUT2D eigenvalue weighted by Gasteiger charge is 2.87. The first-order valence-corrected chi connectivity index (χ1v) is 39.3. The second-order valence-corrected chi connectivity index (χ2v) is 29.5. The van der Waals surface area contributed by atoms with Gasteiger partial charge >= 0.3 is 0 Å². The summed E-state index contributed by atoms with van der Waals surface area (Å²) in [6, 6.07) is -5.63. The average molecular weight is 1560 g/mol. The number of carbonyl (C=O) groups excluding carboxylic acids is 9. The van der Waals surface area contributed by atoms with Crippen molar-refractivity contribution in [1.29, 1.82) is 0 Å². The van der Waals surface area contributed by atoms with Crippen LogP contribution in [0, 0.1) is 0 Å². The van der Waals surface area contributed by atoms with Gasteiger partial charge < -0.3 is 137 Å². The number of carbonyl (C=O) groups is 9. The summed E-state index contributed by atoms with van der Waals surface area (Å²) in [5.74, 6) is -4.04. The zero-order chi connectivity index (χ0) is 80.1. The van der Waals surface area contributed by atoms with Crippen LogP contribution in [0.25, 0.3) is 0 Å². The molecule has 9 amide bonds. The lowest BCUT2D eigenvalue weighted by atomic mass is 9.97. The van der Waals surface area contributed by atoms with E-state index in [1.807, 2.05) is 13.8 Å². The molecule has 5 fully saturated rings. The Hall–Kier alpha value is -5.49. The van der Waals surface area contributed by atoms with Crippen molar-refractivity contribution in [2.45, 2.75) is 335 Å². The van der Waals surface area contributed by atoms with Crippen molar-refractivity contribution in [2.75, 3.05) is 72.4 Å². The second-order valence-electron chi connectivity index (χ2n) is 29.5. The molecule has 36 nitrogen and oxygen atoms in total. The van der Waals surface area contributed by atoms with Crippen LogP contribution >= 0.6 is 0 Å². The molecular weight excluding hydrogens is 1430 g/mol. The van der Waals surface area contributed by atoms with Crippen LogP contribution in [-0.2, 0) is 81.0 Å². The van der Waals surface area contributed by atoms with Gasteiger partial charge in [0, 0.05) is 98.9 Å². The number of ether oxygens (including phenoxy) is 8. The third-order valence-corrected chi connectivity index (χ3v) is 20.2. The van der Waals surface area contributed by atoms with Gasteiger partial charge in [-0.3, -0.25) is 43.2 Å². The number of fused-ring (bicyclic) bond motifs is 1. The largest absolute Gasteiger partial charge is 0.394 e. The number of amides is 9. The van der Waals surface area contributed by atoms with Gasteiger partial charge in [0.15, 0.2) is 30.1 Å². The smallest absolute Gasteiger partial charge is 0.242 e. The standard InChI is InChI=1S/C73H129N9O27/c1-44(2)105-51-38-48(106-52(51)40-83)39-77-55(90)26-18-10-8-6-7-9-11-19-27-57(92)81-50(67(99)76-34-22-14-17-25-37-104-70-65(80-47(5)89)73(101)71(100)72(73,43-86)109-70)29-31-58(93)82-49(66(98)75-33-21-13-16-24-36-103-69-60(79-46(4)88)64(97)62(95)54(42-85)108-69)28-30-56(91)74-32-20-12-15-23-35-102-68-59(78-45(3)87)63(96)61(94)53(41-84)107-68/h44,48-54,59-65,68-71,83-86,94-97,100-101H,6-43H2,1-5H3,(H,74,91)(H,75,98)(H,76,99)(H,77,90)(H,78,87)(H,79,88)(H,80,89)(H,81,92)(H,82,93)/t48-,49?,50?,51+,52-,53?,54?,59?,60?,61?,62?,63?,64?,65?,68?,69?,70?,71?,72?,73?/m1/s1. The Morgan fingerprint density at radius 3 is 1.28 bits per heavy atom. The molecule has 628 valence electrons. The van der Waals surface area contributed by atoms with E-state index in [-0.39, 0.29) is 108 Å². The molecule has 5 aliphatic rings. The fourth-order valence-electron chi connectivity index (χ4n) is 14.1. The maximum Gasteiger partial charge on any atom is 0.242 e. The summed E-state index contributed by atoms with van der Waals surface area (Å²) in [7, 11) is 0. The monoisotopic (exact) mass is 1560 g/mol. The number of unbranched alkanes of at least 4 members (excludes halogenated alkanes) is 16. The molecule has 5 rings (SSSR count). The maximum absolute atomic E-state index is 13.9. The van der Waals surface area contributed by atoms with Crippen LogP contribution in [-0.4, -0.2) is 304 Å². The summed E-state index contributed by atoms with van der Waals surface area (Å²) in [6.45, 7) is 6.99. The Morgan fingerprint density at radius 2 is 0.844 bits per heavy atom. The minimum atomic E-state index is -1.92. The summed E-state index contributed by atoms with van der Waals surface area (Å²) in [5, 5.41) is 127. The quantitative estimate of drug-likeness (QED) is 0.0272. The number of aliphatic hydroxyl groups excluding tert-OH is 9. The molecule has 4 aliphatic heterocycles. The van der Waals surface area contributed by atoms with Crippen molar-refractivity contribution in [1.82, 2.24) is 47.9 Å². The molecule has 0 spiro atoms. The normalized spacial score (nSPS) is 29.0. The van der Waals surface area contributed by atoms with Gasteiger partial charge in [-0.2, -0.15) is 0 Å². The van der Waals surface area contributed by atoms with E-state index in [2.05, 4.69) is 47.9 Å². The van der Waals surface area contributed by atoms with Crippen molar-refractivity contribution in [3.63, 3.8) is 0 Å². The summed E-state index contributed by atoms with van der Waals surface area (Å²) in [6.07, 6.45) is 0.0290. The molecule has 0 aromatic heterocycles. The molecule has 109 heavy (non-hydrogen) atoms. The first kappa shape index (κ1) is 94.1. The first-order valence-electron chi connectivity index (χ1n) is 39.3. The number of aliphatic hydroxyl groups is 10.